The van der Waals surface area contributed by atoms with Crippen LogP contribution in [0.15, 0.2) is 47.6 Å². The lowest BCUT2D eigenvalue weighted by molar-refractivity contribution is -0.137. The van der Waals surface area contributed by atoms with E-state index in [0.717, 1.165) is 30.0 Å². The van der Waals surface area contributed by atoms with Gasteiger partial charge in [0.2, 0.25) is 5.91 Å². The van der Waals surface area contributed by atoms with E-state index in [0.29, 0.717) is 21.6 Å². The zero-order chi connectivity index (χ0) is 26.6. The number of amides is 2. The van der Waals surface area contributed by atoms with Crippen LogP contribution in [0.5, 0.6) is 0 Å². The van der Waals surface area contributed by atoms with E-state index in [1.807, 2.05) is 13.8 Å². The topological polar surface area (TPSA) is 88.9 Å². The molecule has 0 saturated carbocycles. The van der Waals surface area contributed by atoms with E-state index in [4.69, 9.17) is 23.2 Å². The maximum Gasteiger partial charge on any atom is 0.416 e. The molecule has 36 heavy (non-hydrogen) atoms. The molecule has 1 aromatic heterocycles. The number of nitrogens with one attached hydrogen (secondary N) is 2. The highest BCUT2D eigenvalue weighted by Gasteiger charge is 2.31. The van der Waals surface area contributed by atoms with Crippen molar-refractivity contribution in [1.82, 2.24) is 20.1 Å². The Morgan fingerprint density at radius 3 is 2.36 bits per heavy atom. The molecule has 0 aliphatic heterocycles. The summed E-state index contributed by atoms with van der Waals surface area (Å²) in [6.07, 6.45) is -4.57. The first-order chi connectivity index (χ1) is 16.9. The zero-order valence-corrected chi connectivity index (χ0v) is 21.7. The van der Waals surface area contributed by atoms with Crippen LogP contribution in [0.3, 0.4) is 0 Å². The Kier molecular flexibility index (Phi) is 8.91. The average molecular weight is 560 g/mol. The molecule has 2 aromatic carbocycles. The standard InChI is InChI=1S/C23H22Cl2F3N5O2S/c1-12(2)19(30-21(35)13-4-7-15(24)8-5-13)20-31-32-22(33(20)3)36-11-18(34)29-17-10-14(23(26,27)28)6-9-16(17)25/h4-10,12,19H,11H2,1-3H3,(H,29,34)(H,30,35)/t19-/m1/s1. The summed E-state index contributed by atoms with van der Waals surface area (Å²) in [7, 11) is 1.70. The number of carbonyl (C=O) groups excluding carboxylic acids is 2. The molecule has 0 bridgehead atoms. The highest BCUT2D eigenvalue weighted by atomic mass is 35.5. The number of aromatic nitrogens is 3. The number of nitrogens with zero attached hydrogens (tertiary/aromatic N) is 3. The summed E-state index contributed by atoms with van der Waals surface area (Å²) < 4.78 is 40.5. The van der Waals surface area contributed by atoms with Crippen molar-refractivity contribution in [1.29, 1.82) is 0 Å². The number of thioether (sulfide) groups is 1. The van der Waals surface area contributed by atoms with Crippen molar-refractivity contribution in [2.75, 3.05) is 11.1 Å². The molecule has 1 heterocycles. The molecule has 0 spiro atoms. The van der Waals surface area contributed by atoms with E-state index >= 15 is 0 Å². The molecule has 0 unspecified atom stereocenters. The minimum atomic E-state index is -4.57. The Morgan fingerprint density at radius 2 is 1.75 bits per heavy atom. The molecule has 0 aliphatic rings. The lowest BCUT2D eigenvalue weighted by atomic mass is 10.0. The highest BCUT2D eigenvalue weighted by Crippen LogP contribution is 2.34. The fourth-order valence-electron chi connectivity index (χ4n) is 3.19. The first-order valence-electron chi connectivity index (χ1n) is 10.6. The van der Waals surface area contributed by atoms with Gasteiger partial charge in [-0.25, -0.2) is 0 Å². The number of anilines is 1. The van der Waals surface area contributed by atoms with Crippen LogP contribution in [-0.2, 0) is 18.0 Å². The molecule has 0 radical (unpaired) electrons. The predicted octanol–water partition coefficient (Wildman–Crippen LogP) is 6.00. The van der Waals surface area contributed by atoms with Crippen molar-refractivity contribution < 1.29 is 22.8 Å². The van der Waals surface area contributed by atoms with Crippen LogP contribution in [-0.4, -0.2) is 32.3 Å². The molecule has 1 atom stereocenters. The van der Waals surface area contributed by atoms with Gasteiger partial charge in [0.1, 0.15) is 0 Å². The van der Waals surface area contributed by atoms with E-state index in [1.54, 1.807) is 35.9 Å². The van der Waals surface area contributed by atoms with E-state index in [-0.39, 0.29) is 28.3 Å². The highest BCUT2D eigenvalue weighted by molar-refractivity contribution is 7.99. The third-order valence-corrected chi connectivity index (χ3v) is 6.71. The second-order valence-corrected chi connectivity index (χ2v) is 9.92. The maximum atomic E-state index is 13.0. The van der Waals surface area contributed by atoms with Crippen LogP contribution < -0.4 is 10.6 Å². The summed E-state index contributed by atoms with van der Waals surface area (Å²) >= 11 is 12.9. The van der Waals surface area contributed by atoms with Gasteiger partial charge in [-0.05, 0) is 48.4 Å². The Labute approximate surface area is 219 Å². The van der Waals surface area contributed by atoms with Gasteiger partial charge in [0.15, 0.2) is 11.0 Å². The van der Waals surface area contributed by atoms with Crippen LogP contribution in [0.4, 0.5) is 18.9 Å². The van der Waals surface area contributed by atoms with E-state index in [2.05, 4.69) is 20.8 Å². The molecule has 0 aliphatic carbocycles. The van der Waals surface area contributed by atoms with Crippen molar-refractivity contribution in [3.63, 3.8) is 0 Å². The second-order valence-electron chi connectivity index (χ2n) is 8.13. The van der Waals surface area contributed by atoms with Crippen LogP contribution in [0, 0.1) is 5.92 Å². The lowest BCUT2D eigenvalue weighted by Gasteiger charge is -2.21. The molecule has 0 saturated heterocycles. The predicted molar refractivity (Wildman–Crippen MR) is 133 cm³/mol. The van der Waals surface area contributed by atoms with Crippen molar-refractivity contribution >= 4 is 52.5 Å². The number of halogens is 5. The van der Waals surface area contributed by atoms with Gasteiger partial charge in [-0.15, -0.1) is 10.2 Å². The summed E-state index contributed by atoms with van der Waals surface area (Å²) in [5.74, 6) is -0.575. The number of hydrogen-bond acceptors (Lipinski definition) is 5. The second kappa shape index (κ2) is 11.5. The zero-order valence-electron chi connectivity index (χ0n) is 19.4. The Bertz CT molecular complexity index is 1250. The largest absolute Gasteiger partial charge is 0.416 e. The first-order valence-corrected chi connectivity index (χ1v) is 12.4. The average Bonchev–Trinajstić information content (AvgIpc) is 3.16. The third-order valence-electron chi connectivity index (χ3n) is 5.11. The first kappa shape index (κ1) is 27.8. The molecule has 7 nitrogen and oxygen atoms in total. The maximum absolute atomic E-state index is 13.0. The molecule has 3 aromatic rings. The van der Waals surface area contributed by atoms with Gasteiger partial charge in [-0.1, -0.05) is 48.8 Å². The normalized spacial score (nSPS) is 12.5. The number of carbonyl (C=O) groups is 2. The molecule has 3 rings (SSSR count). The van der Waals surface area contributed by atoms with Crippen molar-refractivity contribution in [2.45, 2.75) is 31.2 Å². The van der Waals surface area contributed by atoms with Crippen molar-refractivity contribution in [2.24, 2.45) is 13.0 Å². The number of alkyl halides is 3. The summed E-state index contributed by atoms with van der Waals surface area (Å²) in [5, 5.41) is 14.5. The molecule has 192 valence electrons. The van der Waals surface area contributed by atoms with Gasteiger partial charge >= 0.3 is 6.18 Å². The molecule has 0 fully saturated rings. The van der Waals surface area contributed by atoms with Crippen LogP contribution in [0.1, 0.15) is 41.6 Å². The molecular weight excluding hydrogens is 538 g/mol. The van der Waals surface area contributed by atoms with Gasteiger partial charge in [0, 0.05) is 17.6 Å². The molecular formula is C23H22Cl2F3N5O2S. The van der Waals surface area contributed by atoms with Crippen LogP contribution in [0.25, 0.3) is 0 Å². The SMILES string of the molecule is CC(C)[C@@H](NC(=O)c1ccc(Cl)cc1)c1nnc(SCC(=O)Nc2cc(C(F)(F)F)ccc2Cl)n1C. The van der Waals surface area contributed by atoms with E-state index in [1.165, 1.54) is 0 Å². The fourth-order valence-corrected chi connectivity index (χ4v) is 4.20. The van der Waals surface area contributed by atoms with Gasteiger partial charge in [-0.2, -0.15) is 13.2 Å². The Hall–Kier alpha value is -2.76. The number of hydrogen-bond donors (Lipinski definition) is 2. The van der Waals surface area contributed by atoms with Crippen LogP contribution in [0.2, 0.25) is 10.0 Å². The minimum absolute atomic E-state index is 0.0153. The smallest absolute Gasteiger partial charge is 0.342 e. The summed E-state index contributed by atoms with van der Waals surface area (Å²) in [5.41, 5.74) is -0.625. The third kappa shape index (κ3) is 6.92. The number of rotatable bonds is 8. The van der Waals surface area contributed by atoms with E-state index < -0.39 is 23.7 Å². The monoisotopic (exact) mass is 559 g/mol. The quantitative estimate of drug-likeness (QED) is 0.330. The van der Waals surface area contributed by atoms with Gasteiger partial charge < -0.3 is 15.2 Å². The Morgan fingerprint density at radius 1 is 1.08 bits per heavy atom. The summed E-state index contributed by atoms with van der Waals surface area (Å²) in [4.78, 5) is 25.1. The summed E-state index contributed by atoms with van der Waals surface area (Å²) in [6.45, 7) is 3.83. The van der Waals surface area contributed by atoms with Crippen molar-refractivity contribution in [3.8, 4) is 0 Å². The van der Waals surface area contributed by atoms with E-state index in [9.17, 15) is 22.8 Å². The molecule has 2 amide bonds. The van der Waals surface area contributed by atoms with Gasteiger partial charge in [0.25, 0.3) is 5.91 Å². The van der Waals surface area contributed by atoms with Gasteiger partial charge in [-0.3, -0.25) is 9.59 Å². The van der Waals surface area contributed by atoms with Crippen molar-refractivity contribution in [3.05, 3.63) is 69.5 Å². The fraction of sp³-hybridized carbons (Fsp3) is 0.304. The Balaban J connectivity index is 1.68. The number of benzene rings is 2. The van der Waals surface area contributed by atoms with Gasteiger partial charge in [0.05, 0.1) is 28.1 Å². The lowest BCUT2D eigenvalue weighted by Crippen LogP contribution is -2.33. The van der Waals surface area contributed by atoms with Crippen LogP contribution >= 0.6 is 35.0 Å². The molecule has 13 heteroatoms. The minimum Gasteiger partial charge on any atom is -0.342 e. The molecule has 2 N–H and O–H groups in total. The summed E-state index contributed by atoms with van der Waals surface area (Å²) in [6, 6.07) is 8.69.